The number of carboxylic acid groups (broad SMARTS) is 1. The zero-order valence-corrected chi connectivity index (χ0v) is 18.1. The minimum absolute atomic E-state index is 0.117. The van der Waals surface area contributed by atoms with Gasteiger partial charge in [0.25, 0.3) is 5.56 Å². The molecule has 0 atom stereocenters. The van der Waals surface area contributed by atoms with Gasteiger partial charge in [0.05, 0.1) is 22.0 Å². The van der Waals surface area contributed by atoms with Gasteiger partial charge in [0.15, 0.2) is 11.6 Å². The number of hydrogen-bond donors (Lipinski definition) is 1. The second-order valence-electron chi connectivity index (χ2n) is 7.17. The number of benzene rings is 1. The van der Waals surface area contributed by atoms with Gasteiger partial charge in [-0.1, -0.05) is 56.8 Å². The number of amides is 1. The first-order valence-corrected chi connectivity index (χ1v) is 10.1. The van der Waals surface area contributed by atoms with E-state index in [-0.39, 0.29) is 27.3 Å². The van der Waals surface area contributed by atoms with Crippen molar-refractivity contribution in [1.29, 1.82) is 0 Å². The van der Waals surface area contributed by atoms with Gasteiger partial charge in [-0.15, -0.1) is 0 Å². The highest BCUT2D eigenvalue weighted by atomic mass is 35.5. The Morgan fingerprint density at radius 2 is 1.82 bits per heavy atom. The second-order valence-corrected chi connectivity index (χ2v) is 7.99. The monoisotopic (exact) mass is 428 g/mol. The largest absolute Gasteiger partial charge is 0.489 e. The standard InChI is InChI=1S/C20H26Cl2N2O4/c1-5-6-7-8-28-17-13-9-15(21)16(22)10-14(13)19(25)24(11-12(2)3)18(17)23(4)20(26)27/h9-10,12H,5-8,11H2,1-4H3,(H,26,27). The maximum Gasteiger partial charge on any atom is 0.412 e. The maximum absolute atomic E-state index is 13.2. The Morgan fingerprint density at radius 1 is 1.21 bits per heavy atom. The predicted octanol–water partition coefficient (Wildman–Crippen LogP) is 5.65. The van der Waals surface area contributed by atoms with Crippen LogP contribution in [0.15, 0.2) is 16.9 Å². The van der Waals surface area contributed by atoms with Crippen LogP contribution < -0.4 is 15.2 Å². The van der Waals surface area contributed by atoms with Gasteiger partial charge in [-0.3, -0.25) is 14.3 Å². The Bertz CT molecular complexity index is 925. The SMILES string of the molecule is CCCCCOc1c(N(C)C(=O)O)n(CC(C)C)c(=O)c2cc(Cl)c(Cl)cc12. The van der Waals surface area contributed by atoms with Crippen molar-refractivity contribution in [2.45, 2.75) is 46.6 Å². The molecule has 1 amide bonds. The summed E-state index contributed by atoms with van der Waals surface area (Å²) < 4.78 is 7.47. The van der Waals surface area contributed by atoms with E-state index < -0.39 is 6.09 Å². The summed E-state index contributed by atoms with van der Waals surface area (Å²) in [6, 6.07) is 3.08. The lowest BCUT2D eigenvalue weighted by molar-refractivity contribution is 0.202. The molecule has 1 aromatic heterocycles. The quantitative estimate of drug-likeness (QED) is 0.551. The molecule has 1 heterocycles. The number of hydrogen-bond acceptors (Lipinski definition) is 3. The Hall–Kier alpha value is -1.92. The van der Waals surface area contributed by atoms with Crippen molar-refractivity contribution in [1.82, 2.24) is 4.57 Å². The summed E-state index contributed by atoms with van der Waals surface area (Å²) >= 11 is 12.3. The molecular weight excluding hydrogens is 403 g/mol. The van der Waals surface area contributed by atoms with E-state index in [4.69, 9.17) is 27.9 Å². The molecule has 2 aromatic rings. The second kappa shape index (κ2) is 9.52. The average molecular weight is 429 g/mol. The molecule has 0 aliphatic heterocycles. The van der Waals surface area contributed by atoms with Crippen molar-refractivity contribution >= 4 is 45.9 Å². The summed E-state index contributed by atoms with van der Waals surface area (Å²) in [5.41, 5.74) is -0.328. The summed E-state index contributed by atoms with van der Waals surface area (Å²) in [6.07, 6.45) is 1.65. The number of fused-ring (bicyclic) bond motifs is 1. The third-order valence-electron chi connectivity index (χ3n) is 4.39. The molecule has 1 N–H and O–H groups in total. The molecule has 28 heavy (non-hydrogen) atoms. The lowest BCUT2D eigenvalue weighted by Gasteiger charge is -2.25. The van der Waals surface area contributed by atoms with E-state index in [9.17, 15) is 14.7 Å². The highest BCUT2D eigenvalue weighted by Crippen LogP contribution is 2.38. The number of halogens is 2. The number of carbonyl (C=O) groups is 1. The van der Waals surface area contributed by atoms with E-state index in [1.54, 1.807) is 6.07 Å². The fourth-order valence-corrected chi connectivity index (χ4v) is 3.35. The molecule has 0 aliphatic rings. The smallest absolute Gasteiger partial charge is 0.412 e. The Labute approximate surface area is 174 Å². The van der Waals surface area contributed by atoms with E-state index in [2.05, 4.69) is 6.92 Å². The number of rotatable bonds is 8. The normalized spacial score (nSPS) is 11.2. The fourth-order valence-electron chi connectivity index (χ4n) is 3.02. The Balaban J connectivity index is 2.84. The lowest BCUT2D eigenvalue weighted by Crippen LogP contribution is -2.34. The Kier molecular flexibility index (Phi) is 7.61. The van der Waals surface area contributed by atoms with Crippen LogP contribution in [0.4, 0.5) is 10.6 Å². The molecule has 154 valence electrons. The molecule has 1 aromatic carbocycles. The van der Waals surface area contributed by atoms with E-state index in [1.165, 1.54) is 17.7 Å². The highest BCUT2D eigenvalue weighted by Gasteiger charge is 2.25. The summed E-state index contributed by atoms with van der Waals surface area (Å²) in [7, 11) is 1.40. The van der Waals surface area contributed by atoms with E-state index in [1.807, 2.05) is 13.8 Å². The highest BCUT2D eigenvalue weighted by molar-refractivity contribution is 6.42. The van der Waals surface area contributed by atoms with Gasteiger partial charge in [-0.25, -0.2) is 4.79 Å². The number of anilines is 1. The molecule has 0 saturated heterocycles. The van der Waals surface area contributed by atoms with E-state index >= 15 is 0 Å². The van der Waals surface area contributed by atoms with Crippen LogP contribution in [0, 0.1) is 5.92 Å². The van der Waals surface area contributed by atoms with Crippen molar-refractivity contribution in [3.63, 3.8) is 0 Å². The van der Waals surface area contributed by atoms with Crippen LogP contribution in [0.5, 0.6) is 5.75 Å². The van der Waals surface area contributed by atoms with Crippen LogP contribution in [0.2, 0.25) is 10.0 Å². The third kappa shape index (κ3) is 4.73. The third-order valence-corrected chi connectivity index (χ3v) is 5.11. The molecule has 0 bridgehead atoms. The van der Waals surface area contributed by atoms with Crippen LogP contribution in [-0.2, 0) is 6.54 Å². The van der Waals surface area contributed by atoms with Crippen molar-refractivity contribution in [2.24, 2.45) is 5.92 Å². The molecule has 0 radical (unpaired) electrons. The summed E-state index contributed by atoms with van der Waals surface area (Å²) in [5.74, 6) is 0.648. The molecule has 2 rings (SSSR count). The topological polar surface area (TPSA) is 71.8 Å². The van der Waals surface area contributed by atoms with E-state index in [0.717, 1.165) is 24.2 Å². The van der Waals surface area contributed by atoms with Crippen LogP contribution in [0.25, 0.3) is 10.8 Å². The first kappa shape index (κ1) is 22.4. The molecular formula is C20H26Cl2N2O4. The summed E-state index contributed by atoms with van der Waals surface area (Å²) in [6.45, 7) is 6.75. The molecule has 0 saturated carbocycles. The van der Waals surface area contributed by atoms with Crippen LogP contribution in [-0.4, -0.2) is 29.4 Å². The van der Waals surface area contributed by atoms with Crippen molar-refractivity contribution in [2.75, 3.05) is 18.6 Å². The van der Waals surface area contributed by atoms with Crippen LogP contribution in [0.3, 0.4) is 0 Å². The summed E-state index contributed by atoms with van der Waals surface area (Å²) in [4.78, 5) is 25.9. The number of aromatic nitrogens is 1. The number of pyridine rings is 1. The van der Waals surface area contributed by atoms with Gasteiger partial charge >= 0.3 is 6.09 Å². The molecule has 0 aliphatic carbocycles. The van der Waals surface area contributed by atoms with Gasteiger partial charge in [-0.2, -0.15) is 0 Å². The fraction of sp³-hybridized carbons (Fsp3) is 0.500. The van der Waals surface area contributed by atoms with E-state index in [0.29, 0.717) is 29.7 Å². The number of nitrogens with zero attached hydrogens (tertiary/aromatic N) is 2. The van der Waals surface area contributed by atoms with Gasteiger partial charge in [-0.05, 0) is 24.5 Å². The minimum Gasteiger partial charge on any atom is -0.489 e. The molecule has 0 unspecified atom stereocenters. The molecule has 8 heteroatoms. The molecule has 6 nitrogen and oxygen atoms in total. The minimum atomic E-state index is -1.19. The van der Waals surface area contributed by atoms with Gasteiger partial charge in [0.1, 0.15) is 0 Å². The number of ether oxygens (including phenoxy) is 1. The first-order chi connectivity index (χ1) is 13.2. The van der Waals surface area contributed by atoms with Crippen LogP contribution >= 0.6 is 23.2 Å². The zero-order valence-electron chi connectivity index (χ0n) is 16.6. The van der Waals surface area contributed by atoms with Crippen molar-refractivity contribution in [3.8, 4) is 5.75 Å². The van der Waals surface area contributed by atoms with Gasteiger partial charge in [0.2, 0.25) is 0 Å². The maximum atomic E-state index is 13.2. The lowest BCUT2D eigenvalue weighted by atomic mass is 10.1. The zero-order chi connectivity index (χ0) is 21.0. The van der Waals surface area contributed by atoms with Crippen molar-refractivity contribution in [3.05, 3.63) is 32.5 Å². The molecule has 0 spiro atoms. The number of unbranched alkanes of at least 4 members (excludes halogenated alkanes) is 2. The first-order valence-electron chi connectivity index (χ1n) is 9.34. The molecule has 0 fully saturated rings. The average Bonchev–Trinajstić information content (AvgIpc) is 2.62. The van der Waals surface area contributed by atoms with Gasteiger partial charge < -0.3 is 9.84 Å². The Morgan fingerprint density at radius 3 is 2.36 bits per heavy atom. The van der Waals surface area contributed by atoms with Gasteiger partial charge in [0, 0.05) is 19.0 Å². The predicted molar refractivity (Wildman–Crippen MR) is 115 cm³/mol. The van der Waals surface area contributed by atoms with Crippen LogP contribution in [0.1, 0.15) is 40.0 Å². The summed E-state index contributed by atoms with van der Waals surface area (Å²) in [5, 5.41) is 10.9. The van der Waals surface area contributed by atoms with Crippen molar-refractivity contribution < 1.29 is 14.6 Å².